The number of hydrogen-bond acceptors (Lipinski definition) is 2. The highest BCUT2D eigenvalue weighted by atomic mass is 16.2. The van der Waals surface area contributed by atoms with E-state index >= 15 is 0 Å². The number of carbonyl (C=O) groups excluding carboxylic acids is 2. The Balaban J connectivity index is 1.74. The van der Waals surface area contributed by atoms with Gasteiger partial charge in [0.05, 0.1) is 0 Å². The minimum Gasteiger partial charge on any atom is -0.345 e. The summed E-state index contributed by atoms with van der Waals surface area (Å²) < 4.78 is 0. The topological polar surface area (TPSA) is 49.4 Å². The van der Waals surface area contributed by atoms with Gasteiger partial charge in [-0.3, -0.25) is 9.59 Å². The average Bonchev–Trinajstić information content (AvgIpc) is 2.99. The van der Waals surface area contributed by atoms with E-state index in [0.717, 1.165) is 31.5 Å². The van der Waals surface area contributed by atoms with Crippen LogP contribution < -0.4 is 5.32 Å². The van der Waals surface area contributed by atoms with Crippen molar-refractivity contribution in [3.63, 3.8) is 0 Å². The van der Waals surface area contributed by atoms with Gasteiger partial charge in [0, 0.05) is 19.5 Å². The van der Waals surface area contributed by atoms with Gasteiger partial charge in [-0.25, -0.2) is 0 Å². The standard InChI is InChI=1S/C16H22N2O2/c1-13(16(20)18-11-5-6-12-18)17-15(19)10-9-14-7-3-2-4-8-14/h2-4,7-8,13H,5-6,9-12H2,1H3,(H,17,19)/t13-/m1/s1. The minimum atomic E-state index is -0.420. The molecule has 0 bridgehead atoms. The number of hydrogen-bond donors (Lipinski definition) is 1. The Morgan fingerprint density at radius 2 is 1.85 bits per heavy atom. The molecule has 4 heteroatoms. The van der Waals surface area contributed by atoms with Gasteiger partial charge in [-0.15, -0.1) is 0 Å². The highest BCUT2D eigenvalue weighted by Gasteiger charge is 2.24. The van der Waals surface area contributed by atoms with Crippen LogP contribution in [-0.4, -0.2) is 35.8 Å². The number of carbonyl (C=O) groups is 2. The van der Waals surface area contributed by atoms with Gasteiger partial charge in [-0.05, 0) is 31.7 Å². The van der Waals surface area contributed by atoms with E-state index in [4.69, 9.17) is 0 Å². The van der Waals surface area contributed by atoms with E-state index in [1.807, 2.05) is 35.2 Å². The predicted molar refractivity (Wildman–Crippen MR) is 78.2 cm³/mol. The number of benzene rings is 1. The number of likely N-dealkylation sites (tertiary alicyclic amines) is 1. The summed E-state index contributed by atoms with van der Waals surface area (Å²) in [5, 5.41) is 2.80. The predicted octanol–water partition coefficient (Wildman–Crippen LogP) is 1.75. The van der Waals surface area contributed by atoms with Crippen LogP contribution in [-0.2, 0) is 16.0 Å². The van der Waals surface area contributed by atoms with Gasteiger partial charge in [0.25, 0.3) is 0 Å². The number of amides is 2. The average molecular weight is 274 g/mol. The van der Waals surface area contributed by atoms with Crippen molar-refractivity contribution < 1.29 is 9.59 Å². The first kappa shape index (κ1) is 14.6. The van der Waals surface area contributed by atoms with Crippen LogP contribution in [0.25, 0.3) is 0 Å². The second-order valence-electron chi connectivity index (χ2n) is 5.31. The van der Waals surface area contributed by atoms with Gasteiger partial charge in [-0.1, -0.05) is 30.3 Å². The van der Waals surface area contributed by atoms with Crippen molar-refractivity contribution in [2.75, 3.05) is 13.1 Å². The van der Waals surface area contributed by atoms with Crippen molar-refractivity contribution in [1.82, 2.24) is 10.2 Å². The largest absolute Gasteiger partial charge is 0.345 e. The van der Waals surface area contributed by atoms with Crippen LogP contribution in [0.1, 0.15) is 31.7 Å². The Kier molecular flexibility index (Phi) is 5.16. The quantitative estimate of drug-likeness (QED) is 0.889. The first-order valence-electron chi connectivity index (χ1n) is 7.29. The van der Waals surface area contributed by atoms with Crippen molar-refractivity contribution in [3.8, 4) is 0 Å². The highest BCUT2D eigenvalue weighted by Crippen LogP contribution is 2.09. The summed E-state index contributed by atoms with van der Waals surface area (Å²) in [6, 6.07) is 9.48. The third-order valence-corrected chi connectivity index (χ3v) is 3.65. The van der Waals surface area contributed by atoms with Gasteiger partial charge >= 0.3 is 0 Å². The number of nitrogens with one attached hydrogen (secondary N) is 1. The summed E-state index contributed by atoms with van der Waals surface area (Å²) in [5.74, 6) is -0.0236. The van der Waals surface area contributed by atoms with Crippen LogP contribution >= 0.6 is 0 Å². The molecule has 4 nitrogen and oxygen atoms in total. The van der Waals surface area contributed by atoms with Crippen molar-refractivity contribution >= 4 is 11.8 Å². The Morgan fingerprint density at radius 1 is 1.20 bits per heavy atom. The molecule has 1 N–H and O–H groups in total. The van der Waals surface area contributed by atoms with Crippen molar-refractivity contribution in [2.45, 2.75) is 38.6 Å². The first-order valence-corrected chi connectivity index (χ1v) is 7.29. The molecular weight excluding hydrogens is 252 g/mol. The molecule has 0 radical (unpaired) electrons. The lowest BCUT2D eigenvalue weighted by Gasteiger charge is -2.21. The summed E-state index contributed by atoms with van der Waals surface area (Å²) in [6.07, 6.45) is 3.26. The lowest BCUT2D eigenvalue weighted by molar-refractivity contribution is -0.135. The monoisotopic (exact) mass is 274 g/mol. The number of nitrogens with zero attached hydrogens (tertiary/aromatic N) is 1. The third-order valence-electron chi connectivity index (χ3n) is 3.65. The molecule has 2 rings (SSSR count). The van der Waals surface area contributed by atoms with Gasteiger partial charge in [-0.2, -0.15) is 0 Å². The fourth-order valence-electron chi connectivity index (χ4n) is 2.49. The van der Waals surface area contributed by atoms with Crippen LogP contribution in [0.5, 0.6) is 0 Å². The zero-order valence-corrected chi connectivity index (χ0v) is 12.0. The molecule has 20 heavy (non-hydrogen) atoms. The zero-order valence-electron chi connectivity index (χ0n) is 12.0. The van der Waals surface area contributed by atoms with Gasteiger partial charge in [0.15, 0.2) is 0 Å². The molecule has 0 aromatic heterocycles. The number of aryl methyl sites for hydroxylation is 1. The second-order valence-corrected chi connectivity index (χ2v) is 5.31. The summed E-state index contributed by atoms with van der Waals surface area (Å²) in [7, 11) is 0. The van der Waals surface area contributed by atoms with Crippen molar-refractivity contribution in [1.29, 1.82) is 0 Å². The highest BCUT2D eigenvalue weighted by molar-refractivity contribution is 5.87. The molecule has 1 aliphatic heterocycles. The van der Waals surface area contributed by atoms with Crippen LogP contribution in [0.2, 0.25) is 0 Å². The molecule has 0 saturated carbocycles. The SMILES string of the molecule is C[C@@H](NC(=O)CCc1ccccc1)C(=O)N1CCCC1. The lowest BCUT2D eigenvalue weighted by atomic mass is 10.1. The smallest absolute Gasteiger partial charge is 0.244 e. The fourth-order valence-corrected chi connectivity index (χ4v) is 2.49. The van der Waals surface area contributed by atoms with Crippen molar-refractivity contribution in [3.05, 3.63) is 35.9 Å². The Morgan fingerprint density at radius 3 is 2.50 bits per heavy atom. The molecule has 1 atom stereocenters. The first-order chi connectivity index (χ1) is 9.66. The van der Waals surface area contributed by atoms with E-state index in [2.05, 4.69) is 5.32 Å². The molecule has 2 amide bonds. The van der Waals surface area contributed by atoms with Gasteiger partial charge in [0.1, 0.15) is 6.04 Å². The Labute approximate surface area is 120 Å². The molecule has 1 aliphatic rings. The zero-order chi connectivity index (χ0) is 14.4. The Hall–Kier alpha value is -1.84. The molecule has 1 heterocycles. The third kappa shape index (κ3) is 4.08. The molecule has 1 fully saturated rings. The van der Waals surface area contributed by atoms with E-state index < -0.39 is 6.04 Å². The molecule has 0 aliphatic carbocycles. The van der Waals surface area contributed by atoms with Crippen LogP contribution in [0.15, 0.2) is 30.3 Å². The van der Waals surface area contributed by atoms with Gasteiger partial charge < -0.3 is 10.2 Å². The minimum absolute atomic E-state index is 0.0376. The van der Waals surface area contributed by atoms with E-state index in [0.29, 0.717) is 12.8 Å². The number of rotatable bonds is 5. The summed E-state index contributed by atoms with van der Waals surface area (Å²) >= 11 is 0. The van der Waals surface area contributed by atoms with E-state index in [9.17, 15) is 9.59 Å². The maximum Gasteiger partial charge on any atom is 0.244 e. The molecule has 0 spiro atoms. The van der Waals surface area contributed by atoms with E-state index in [1.54, 1.807) is 6.92 Å². The van der Waals surface area contributed by atoms with E-state index in [-0.39, 0.29) is 11.8 Å². The van der Waals surface area contributed by atoms with Crippen LogP contribution in [0.4, 0.5) is 0 Å². The van der Waals surface area contributed by atoms with Crippen LogP contribution in [0, 0.1) is 0 Å². The molecular formula is C16H22N2O2. The summed E-state index contributed by atoms with van der Waals surface area (Å²) in [4.78, 5) is 25.8. The molecule has 108 valence electrons. The van der Waals surface area contributed by atoms with Crippen LogP contribution in [0.3, 0.4) is 0 Å². The lowest BCUT2D eigenvalue weighted by Crippen LogP contribution is -2.46. The summed E-state index contributed by atoms with van der Waals surface area (Å²) in [6.45, 7) is 3.41. The molecule has 1 aromatic carbocycles. The molecule has 0 unspecified atom stereocenters. The van der Waals surface area contributed by atoms with Crippen molar-refractivity contribution in [2.24, 2.45) is 0 Å². The fraction of sp³-hybridized carbons (Fsp3) is 0.500. The van der Waals surface area contributed by atoms with Gasteiger partial charge in [0.2, 0.25) is 11.8 Å². The van der Waals surface area contributed by atoms with E-state index in [1.165, 1.54) is 0 Å². The normalized spacial score (nSPS) is 15.9. The Bertz CT molecular complexity index is 453. The maximum atomic E-state index is 12.1. The molecule has 1 saturated heterocycles. The second kappa shape index (κ2) is 7.08. The summed E-state index contributed by atoms with van der Waals surface area (Å²) in [5.41, 5.74) is 1.14. The maximum absolute atomic E-state index is 12.1. The molecule has 1 aromatic rings.